The monoisotopic (exact) mass is 405 g/mol. The van der Waals surface area contributed by atoms with Gasteiger partial charge in [0.2, 0.25) is 5.95 Å². The van der Waals surface area contributed by atoms with Crippen molar-refractivity contribution in [1.82, 2.24) is 19.9 Å². The van der Waals surface area contributed by atoms with E-state index in [-0.39, 0.29) is 24.9 Å². The van der Waals surface area contributed by atoms with Crippen molar-refractivity contribution in [1.29, 1.82) is 0 Å². The molecule has 4 rings (SSSR count). The number of hydrogen-bond donors (Lipinski definition) is 1. The molecule has 2 aromatic heterocycles. The summed E-state index contributed by atoms with van der Waals surface area (Å²) in [6.07, 6.45) is 0.328. The Bertz CT molecular complexity index is 1030. The maximum Gasteiger partial charge on any atom is 0.267 e. The van der Waals surface area contributed by atoms with Gasteiger partial charge in [-0.3, -0.25) is 0 Å². The number of aromatic nitrogens is 4. The minimum atomic E-state index is -2.69. The summed E-state index contributed by atoms with van der Waals surface area (Å²) in [5.41, 5.74) is 2.58. The fourth-order valence-corrected chi connectivity index (χ4v) is 3.50. The van der Waals surface area contributed by atoms with Crippen molar-refractivity contribution in [3.8, 4) is 0 Å². The van der Waals surface area contributed by atoms with Crippen LogP contribution in [-0.2, 0) is 11.8 Å². The lowest BCUT2D eigenvalue weighted by Crippen LogP contribution is -2.25. The first-order valence-corrected chi connectivity index (χ1v) is 9.63. The number of hydrogen-bond acceptors (Lipinski definition) is 4. The van der Waals surface area contributed by atoms with Crippen LogP contribution < -0.4 is 4.90 Å². The van der Waals surface area contributed by atoms with Crippen LogP contribution in [0.25, 0.3) is 11.2 Å². The van der Waals surface area contributed by atoms with Crippen molar-refractivity contribution in [3.63, 3.8) is 0 Å². The van der Waals surface area contributed by atoms with Crippen LogP contribution in [0.1, 0.15) is 44.3 Å². The quantitative estimate of drug-likeness (QED) is 0.683. The van der Waals surface area contributed by atoms with E-state index in [4.69, 9.17) is 16.6 Å². The Morgan fingerprint density at radius 2 is 1.93 bits per heavy atom. The molecule has 0 spiro atoms. The minimum absolute atomic E-state index is 0.171. The summed E-state index contributed by atoms with van der Waals surface area (Å²) in [6, 6.07) is 7.59. The molecule has 0 aliphatic carbocycles. The Balaban J connectivity index is 1.81. The van der Waals surface area contributed by atoms with E-state index in [2.05, 4.69) is 15.0 Å². The maximum absolute atomic E-state index is 13.6. The van der Waals surface area contributed by atoms with Gasteiger partial charge in [-0.2, -0.15) is 4.98 Å². The zero-order valence-electron chi connectivity index (χ0n) is 16.1. The first-order valence-electron chi connectivity index (χ1n) is 9.26. The van der Waals surface area contributed by atoms with Gasteiger partial charge in [0.15, 0.2) is 5.65 Å². The predicted octanol–water partition coefficient (Wildman–Crippen LogP) is 4.74. The van der Waals surface area contributed by atoms with E-state index < -0.39 is 5.92 Å². The van der Waals surface area contributed by atoms with E-state index in [9.17, 15) is 8.78 Å². The molecule has 1 fully saturated rings. The first kappa shape index (κ1) is 19.1. The lowest BCUT2D eigenvalue weighted by Gasteiger charge is -2.17. The third kappa shape index (κ3) is 3.68. The van der Waals surface area contributed by atoms with Crippen molar-refractivity contribution < 1.29 is 8.78 Å². The average molecular weight is 406 g/mol. The molecule has 1 aromatic carbocycles. The van der Waals surface area contributed by atoms with Crippen LogP contribution in [0.2, 0.25) is 5.02 Å². The second-order valence-electron chi connectivity index (χ2n) is 8.30. The molecule has 148 valence electrons. The topological polar surface area (TPSA) is 57.7 Å². The fourth-order valence-electron chi connectivity index (χ4n) is 3.29. The Morgan fingerprint density at radius 3 is 2.57 bits per heavy atom. The average Bonchev–Trinajstić information content (AvgIpc) is 3.19. The largest absolute Gasteiger partial charge is 0.336 e. The number of alkyl halides is 2. The number of imidazole rings is 1. The smallest absolute Gasteiger partial charge is 0.267 e. The van der Waals surface area contributed by atoms with E-state index in [0.717, 1.165) is 11.3 Å². The van der Waals surface area contributed by atoms with Crippen molar-refractivity contribution in [2.24, 2.45) is 0 Å². The maximum atomic E-state index is 13.6. The van der Waals surface area contributed by atoms with Crippen molar-refractivity contribution in [2.75, 3.05) is 18.0 Å². The molecule has 0 amide bonds. The number of aromatic amines is 1. The fraction of sp³-hybridized carbons (Fsp3) is 0.450. The Labute approximate surface area is 167 Å². The lowest BCUT2D eigenvalue weighted by molar-refractivity contribution is 0.0256. The second-order valence-corrected chi connectivity index (χ2v) is 8.71. The molecule has 28 heavy (non-hydrogen) atoms. The van der Waals surface area contributed by atoms with Crippen molar-refractivity contribution in [2.45, 2.75) is 45.0 Å². The molecule has 5 nitrogen and oxygen atoms in total. The molecule has 1 N–H and O–H groups in total. The summed E-state index contributed by atoms with van der Waals surface area (Å²) >= 11 is 6.33. The number of fused-ring (bicyclic) bond motifs is 1. The number of benzene rings is 1. The number of H-pyrrole nitrogens is 1. The Hall–Kier alpha value is -2.28. The van der Waals surface area contributed by atoms with Crippen LogP contribution in [0.4, 0.5) is 14.7 Å². The number of nitrogens with zero attached hydrogens (tertiary/aromatic N) is 4. The van der Waals surface area contributed by atoms with E-state index in [1.165, 1.54) is 0 Å². The Kier molecular flexibility index (Phi) is 4.53. The van der Waals surface area contributed by atoms with Crippen LogP contribution in [0.3, 0.4) is 0 Å². The molecule has 8 heteroatoms. The highest BCUT2D eigenvalue weighted by Gasteiger charge is 2.39. The predicted molar refractivity (Wildman–Crippen MR) is 106 cm³/mol. The molecule has 1 saturated heterocycles. The van der Waals surface area contributed by atoms with Crippen molar-refractivity contribution in [3.05, 3.63) is 46.4 Å². The van der Waals surface area contributed by atoms with Gasteiger partial charge in [-0.25, -0.2) is 18.7 Å². The Morgan fingerprint density at radius 1 is 1.18 bits per heavy atom. The highest BCUT2D eigenvalue weighted by Crippen LogP contribution is 2.32. The summed E-state index contributed by atoms with van der Waals surface area (Å²) in [4.78, 5) is 18.6. The molecule has 3 heterocycles. The van der Waals surface area contributed by atoms with Gasteiger partial charge in [0.25, 0.3) is 5.92 Å². The third-order valence-electron chi connectivity index (χ3n) is 4.87. The molecule has 0 unspecified atom stereocenters. The second kappa shape index (κ2) is 6.65. The number of halogens is 3. The van der Waals surface area contributed by atoms with E-state index in [1.54, 1.807) is 4.90 Å². The van der Waals surface area contributed by atoms with Crippen LogP contribution in [0.15, 0.2) is 24.3 Å². The summed E-state index contributed by atoms with van der Waals surface area (Å²) in [7, 11) is 0. The van der Waals surface area contributed by atoms with Crippen molar-refractivity contribution >= 4 is 28.7 Å². The van der Waals surface area contributed by atoms with Gasteiger partial charge in [-0.15, -0.1) is 0 Å². The summed E-state index contributed by atoms with van der Waals surface area (Å²) in [5.74, 6) is -1.62. The molecule has 0 atom stereocenters. The summed E-state index contributed by atoms with van der Waals surface area (Å²) in [5, 5.41) is 0.658. The van der Waals surface area contributed by atoms with Gasteiger partial charge in [-0.05, 0) is 11.6 Å². The summed E-state index contributed by atoms with van der Waals surface area (Å²) in [6.45, 7) is 6.00. The minimum Gasteiger partial charge on any atom is -0.336 e. The number of rotatable bonds is 3. The van der Waals surface area contributed by atoms with Crippen LogP contribution in [0.5, 0.6) is 0 Å². The normalized spacial score (nSPS) is 16.9. The highest BCUT2D eigenvalue weighted by atomic mass is 35.5. The van der Waals surface area contributed by atoms with E-state index >= 15 is 0 Å². The van der Waals surface area contributed by atoms with Crippen LogP contribution in [-0.4, -0.2) is 38.9 Å². The molecular formula is C20H22ClF2N5. The van der Waals surface area contributed by atoms with E-state index in [1.807, 2.05) is 45.0 Å². The molecule has 0 bridgehead atoms. The summed E-state index contributed by atoms with van der Waals surface area (Å²) < 4.78 is 27.3. The first-order chi connectivity index (χ1) is 13.1. The number of anilines is 1. The zero-order valence-corrected chi connectivity index (χ0v) is 16.8. The molecular weight excluding hydrogens is 384 g/mol. The van der Waals surface area contributed by atoms with E-state index in [0.29, 0.717) is 34.4 Å². The molecule has 0 saturated carbocycles. The molecule has 1 aliphatic heterocycles. The molecule has 0 radical (unpaired) electrons. The lowest BCUT2D eigenvalue weighted by atomic mass is 9.95. The standard InChI is InChI=1S/C20H22ClF2N5/c1-19(2,3)17-24-14(10-12-6-4-5-7-13(12)21)15-16(26-17)27-18(25-15)28-9-8-20(22,23)11-28/h4-7H,8-11H2,1-3H3,(H,24,25,26,27). The third-order valence-corrected chi connectivity index (χ3v) is 5.24. The highest BCUT2D eigenvalue weighted by molar-refractivity contribution is 6.31. The van der Waals surface area contributed by atoms with Gasteiger partial charge in [-0.1, -0.05) is 50.6 Å². The number of nitrogens with one attached hydrogen (secondary N) is 1. The SMILES string of the molecule is CC(C)(C)c1nc(Cc2ccccc2Cl)c2[nH]c(N3CCC(F)(F)C3)nc2n1. The van der Waals surface area contributed by atoms with Gasteiger partial charge in [0.05, 0.1) is 12.2 Å². The molecule has 3 aromatic rings. The van der Waals surface area contributed by atoms with Gasteiger partial charge in [0, 0.05) is 29.8 Å². The van der Waals surface area contributed by atoms with Crippen LogP contribution >= 0.6 is 11.6 Å². The van der Waals surface area contributed by atoms with Crippen LogP contribution in [0, 0.1) is 0 Å². The zero-order chi connectivity index (χ0) is 20.1. The van der Waals surface area contributed by atoms with Gasteiger partial charge >= 0.3 is 0 Å². The van der Waals surface area contributed by atoms with Gasteiger partial charge in [0.1, 0.15) is 11.3 Å². The van der Waals surface area contributed by atoms with Gasteiger partial charge < -0.3 is 9.88 Å². The molecule has 1 aliphatic rings.